The molecule has 0 bridgehead atoms. The molecule has 0 saturated carbocycles. The van der Waals surface area contributed by atoms with E-state index in [1.807, 2.05) is 0 Å². The van der Waals surface area contributed by atoms with E-state index in [1.54, 1.807) is 18.2 Å². The lowest BCUT2D eigenvalue weighted by Gasteiger charge is -2.12. The third kappa shape index (κ3) is 3.11. The Kier molecular flexibility index (Phi) is 4.06. The van der Waals surface area contributed by atoms with E-state index < -0.39 is 18.9 Å². The first-order valence-electron chi connectivity index (χ1n) is 7.59. The first-order chi connectivity index (χ1) is 12.3. The largest absolute Gasteiger partial charge is 0.491 e. The molecule has 0 saturated heterocycles. The van der Waals surface area contributed by atoms with Crippen molar-refractivity contribution in [2.24, 2.45) is 0 Å². The number of hydrogen-bond acceptors (Lipinski definition) is 4. The van der Waals surface area contributed by atoms with Crippen LogP contribution in [-0.2, 0) is 17.4 Å². The minimum absolute atomic E-state index is 0.0558. The van der Waals surface area contributed by atoms with Gasteiger partial charge in [0, 0.05) is 16.5 Å². The van der Waals surface area contributed by atoms with Crippen LogP contribution < -0.4 is 10.2 Å². The molecule has 9 heteroatoms. The molecule has 4 nitrogen and oxygen atoms in total. The van der Waals surface area contributed by atoms with Crippen molar-refractivity contribution in [1.82, 2.24) is 4.98 Å². The zero-order valence-corrected chi connectivity index (χ0v) is 13.8. The fourth-order valence-electron chi connectivity index (χ4n) is 2.86. The Bertz CT molecular complexity index is 1010. The van der Waals surface area contributed by atoms with Crippen LogP contribution in [0, 0.1) is 0 Å². The van der Waals surface area contributed by atoms with Crippen LogP contribution in [0.2, 0.25) is 5.02 Å². The van der Waals surface area contributed by atoms with Crippen LogP contribution in [0.15, 0.2) is 42.5 Å². The van der Waals surface area contributed by atoms with Crippen LogP contribution in [0.25, 0.3) is 10.9 Å². The lowest BCUT2D eigenvalue weighted by atomic mass is 9.80. The lowest BCUT2D eigenvalue weighted by molar-refractivity contribution is -0.136. The van der Waals surface area contributed by atoms with Gasteiger partial charge in [-0.25, -0.2) is 4.98 Å². The quantitative estimate of drug-likeness (QED) is 0.686. The summed E-state index contributed by atoms with van der Waals surface area (Å²) < 4.78 is 50.2. The van der Waals surface area contributed by atoms with Crippen LogP contribution in [0.4, 0.5) is 13.2 Å². The first kappa shape index (κ1) is 17.1. The number of halogens is 4. The van der Waals surface area contributed by atoms with Crippen molar-refractivity contribution < 1.29 is 27.6 Å². The Hall–Kier alpha value is -2.29. The summed E-state index contributed by atoms with van der Waals surface area (Å²) in [7, 11) is -0.958. The molecule has 1 aliphatic rings. The molecular formula is C17H10BClF3NO3. The zero-order chi connectivity index (χ0) is 18.5. The highest BCUT2D eigenvalue weighted by molar-refractivity contribution is 6.61. The van der Waals surface area contributed by atoms with Gasteiger partial charge in [0.15, 0.2) is 0 Å². The molecule has 1 aromatic heterocycles. The molecule has 2 aromatic carbocycles. The van der Waals surface area contributed by atoms with Gasteiger partial charge in [0.1, 0.15) is 5.75 Å². The van der Waals surface area contributed by atoms with E-state index in [4.69, 9.17) is 21.0 Å². The van der Waals surface area contributed by atoms with E-state index in [9.17, 15) is 18.2 Å². The van der Waals surface area contributed by atoms with Crippen molar-refractivity contribution in [2.75, 3.05) is 0 Å². The minimum Gasteiger partial charge on any atom is -0.439 e. The summed E-state index contributed by atoms with van der Waals surface area (Å²) in [5, 5.41) is 9.51. The van der Waals surface area contributed by atoms with E-state index >= 15 is 0 Å². The number of benzene rings is 2. The van der Waals surface area contributed by atoms with Gasteiger partial charge in [0.05, 0.1) is 17.7 Å². The number of nitrogens with zero attached hydrogens (tertiary/aromatic N) is 1. The molecule has 0 unspecified atom stereocenters. The second kappa shape index (κ2) is 6.16. The molecule has 1 aliphatic heterocycles. The molecule has 0 radical (unpaired) electrons. The third-order valence-corrected chi connectivity index (χ3v) is 4.27. The number of rotatable bonds is 2. The summed E-state index contributed by atoms with van der Waals surface area (Å²) in [6.07, 6.45) is -4.53. The number of ether oxygens (including phenoxy) is 1. The summed E-state index contributed by atoms with van der Waals surface area (Å²) in [5.74, 6) is 0.568. The van der Waals surface area contributed by atoms with Gasteiger partial charge in [-0.15, -0.1) is 0 Å². The number of pyridine rings is 1. The summed E-state index contributed by atoms with van der Waals surface area (Å²) in [6.45, 7) is 0.253. The van der Waals surface area contributed by atoms with Crippen molar-refractivity contribution >= 4 is 35.1 Å². The highest BCUT2D eigenvalue weighted by atomic mass is 35.5. The smallest absolute Gasteiger partial charge is 0.439 e. The zero-order valence-electron chi connectivity index (χ0n) is 13.0. The van der Waals surface area contributed by atoms with Crippen LogP contribution in [-0.4, -0.2) is 17.1 Å². The molecule has 1 N–H and O–H groups in total. The molecule has 0 amide bonds. The van der Waals surface area contributed by atoms with Crippen molar-refractivity contribution in [2.45, 2.75) is 12.8 Å². The lowest BCUT2D eigenvalue weighted by Crippen LogP contribution is -2.27. The summed E-state index contributed by atoms with van der Waals surface area (Å²) in [4.78, 5) is 4.13. The fourth-order valence-corrected chi connectivity index (χ4v) is 3.08. The van der Waals surface area contributed by atoms with Crippen LogP contribution >= 0.6 is 11.6 Å². The molecule has 2 heterocycles. The van der Waals surface area contributed by atoms with E-state index in [0.717, 1.165) is 11.6 Å². The highest BCUT2D eigenvalue weighted by Gasteiger charge is 2.33. The van der Waals surface area contributed by atoms with Gasteiger partial charge in [-0.1, -0.05) is 17.7 Å². The maximum Gasteiger partial charge on any atom is 0.491 e. The minimum atomic E-state index is -4.53. The summed E-state index contributed by atoms with van der Waals surface area (Å²) in [6, 6.07) is 9.88. The fraction of sp³-hybridized carbons (Fsp3) is 0.118. The van der Waals surface area contributed by atoms with Gasteiger partial charge in [-0.3, -0.25) is 0 Å². The van der Waals surface area contributed by atoms with Crippen molar-refractivity contribution in [1.29, 1.82) is 0 Å². The average Bonchev–Trinajstić information content (AvgIpc) is 2.93. The van der Waals surface area contributed by atoms with Gasteiger partial charge >= 0.3 is 13.3 Å². The van der Waals surface area contributed by atoms with E-state index in [1.165, 1.54) is 18.2 Å². The Balaban J connectivity index is 1.70. The molecule has 0 spiro atoms. The van der Waals surface area contributed by atoms with Crippen LogP contribution in [0.3, 0.4) is 0 Å². The molecule has 0 fully saturated rings. The van der Waals surface area contributed by atoms with Gasteiger partial charge in [0.25, 0.3) is 0 Å². The molecule has 26 heavy (non-hydrogen) atoms. The van der Waals surface area contributed by atoms with Gasteiger partial charge in [-0.2, -0.15) is 13.2 Å². The molecule has 4 rings (SSSR count). The Morgan fingerprint density at radius 2 is 1.96 bits per heavy atom. The second-order valence-corrected chi connectivity index (χ2v) is 6.23. The molecule has 132 valence electrons. The maximum atomic E-state index is 13.2. The SMILES string of the molecule is OB1OCc2cc(Oc3ccc4c(C(F)(F)F)cc(Cl)cc4n3)ccc21. The van der Waals surface area contributed by atoms with Crippen molar-refractivity contribution in [3.05, 3.63) is 58.6 Å². The van der Waals surface area contributed by atoms with Crippen LogP contribution in [0.1, 0.15) is 11.1 Å². The first-order valence-corrected chi connectivity index (χ1v) is 7.97. The standard InChI is InChI=1S/C17H10BClF3NO3/c19-10-6-13(17(20,21)22)12-2-4-16(23-15(12)7-10)26-11-1-3-14-9(5-11)8-25-18(14)24/h1-7,24H,8H2. The summed E-state index contributed by atoms with van der Waals surface area (Å²) in [5.41, 5.74) is 0.675. The third-order valence-electron chi connectivity index (χ3n) is 4.05. The van der Waals surface area contributed by atoms with Gasteiger partial charge in [0.2, 0.25) is 5.88 Å². The Labute approximate surface area is 151 Å². The average molecular weight is 380 g/mol. The number of aromatic nitrogens is 1. The van der Waals surface area contributed by atoms with Crippen molar-refractivity contribution in [3.8, 4) is 11.6 Å². The van der Waals surface area contributed by atoms with Crippen molar-refractivity contribution in [3.63, 3.8) is 0 Å². The maximum absolute atomic E-state index is 13.2. The normalized spacial score (nSPS) is 14.0. The van der Waals surface area contributed by atoms with Gasteiger partial charge in [-0.05, 0) is 41.4 Å². The monoisotopic (exact) mass is 379 g/mol. The number of hydrogen-bond donors (Lipinski definition) is 1. The Morgan fingerprint density at radius 3 is 2.73 bits per heavy atom. The van der Waals surface area contributed by atoms with E-state index in [2.05, 4.69) is 4.98 Å². The molecule has 0 aliphatic carbocycles. The topological polar surface area (TPSA) is 51.6 Å². The Morgan fingerprint density at radius 1 is 1.15 bits per heavy atom. The summed E-state index contributed by atoms with van der Waals surface area (Å²) >= 11 is 5.80. The second-order valence-electron chi connectivity index (χ2n) is 5.79. The molecule has 0 atom stereocenters. The van der Waals surface area contributed by atoms with Gasteiger partial charge < -0.3 is 14.4 Å². The van der Waals surface area contributed by atoms with Crippen LogP contribution in [0.5, 0.6) is 11.6 Å². The predicted octanol–water partition coefficient (Wildman–Crippen LogP) is 3.92. The number of alkyl halides is 3. The highest BCUT2D eigenvalue weighted by Crippen LogP contribution is 2.37. The molecular weight excluding hydrogens is 369 g/mol. The molecule has 3 aromatic rings. The predicted molar refractivity (Wildman–Crippen MR) is 90.7 cm³/mol. The number of fused-ring (bicyclic) bond motifs is 2. The van der Waals surface area contributed by atoms with E-state index in [-0.39, 0.29) is 28.4 Å². The van der Waals surface area contributed by atoms with E-state index in [0.29, 0.717) is 11.2 Å².